The van der Waals surface area contributed by atoms with E-state index in [9.17, 15) is 4.79 Å². The molecule has 0 atom stereocenters. The van der Waals surface area contributed by atoms with Crippen LogP contribution in [0, 0.1) is 0 Å². The summed E-state index contributed by atoms with van der Waals surface area (Å²) in [6, 6.07) is 3.97. The monoisotopic (exact) mass is 202 g/mol. The molecule has 3 heteroatoms. The summed E-state index contributed by atoms with van der Waals surface area (Å²) >= 11 is 0. The van der Waals surface area contributed by atoms with E-state index < -0.39 is 0 Å². The fourth-order valence-corrected chi connectivity index (χ4v) is 2.89. The number of carbonyl (C=O) groups is 1. The quantitative estimate of drug-likeness (QED) is 0.701. The minimum absolute atomic E-state index is 0.163. The first-order valence-corrected chi connectivity index (χ1v) is 5.60. The van der Waals surface area contributed by atoms with Crippen molar-refractivity contribution in [3.8, 4) is 0 Å². The zero-order chi connectivity index (χ0) is 10.3. The van der Waals surface area contributed by atoms with Crippen LogP contribution in [0.5, 0.6) is 0 Å². The Kier molecular flexibility index (Phi) is 1.81. The zero-order valence-electron chi connectivity index (χ0n) is 8.62. The van der Waals surface area contributed by atoms with E-state index in [2.05, 4.69) is 10.3 Å². The normalized spacial score (nSPS) is 22.5. The van der Waals surface area contributed by atoms with Gasteiger partial charge in [0, 0.05) is 11.8 Å². The highest BCUT2D eigenvalue weighted by Crippen LogP contribution is 2.46. The first-order chi connectivity index (χ1) is 7.33. The van der Waals surface area contributed by atoms with Crippen molar-refractivity contribution in [1.82, 2.24) is 4.98 Å². The van der Waals surface area contributed by atoms with E-state index in [4.69, 9.17) is 0 Å². The molecular formula is C12H14N2O. The molecule has 3 rings (SSSR count). The molecule has 1 aliphatic heterocycles. The Morgan fingerprint density at radius 3 is 2.87 bits per heavy atom. The molecule has 3 nitrogen and oxygen atoms in total. The number of nitrogens with one attached hydrogen (secondary N) is 1. The summed E-state index contributed by atoms with van der Waals surface area (Å²) in [7, 11) is 0. The Labute approximate surface area is 88.9 Å². The van der Waals surface area contributed by atoms with Crippen LogP contribution in [0.2, 0.25) is 0 Å². The van der Waals surface area contributed by atoms with Gasteiger partial charge < -0.3 is 5.32 Å². The number of carbonyl (C=O) groups excluding carboxylic acids is 1. The maximum Gasteiger partial charge on any atom is 0.236 e. The van der Waals surface area contributed by atoms with Crippen molar-refractivity contribution in [1.29, 1.82) is 0 Å². The number of pyridine rings is 1. The highest BCUT2D eigenvalue weighted by Gasteiger charge is 2.47. The summed E-state index contributed by atoms with van der Waals surface area (Å²) in [6.07, 6.45) is 7.27. The van der Waals surface area contributed by atoms with Crippen LogP contribution >= 0.6 is 0 Å². The number of amides is 1. The van der Waals surface area contributed by atoms with Crippen LogP contribution in [-0.2, 0) is 10.2 Å². The molecule has 1 spiro atoms. The summed E-state index contributed by atoms with van der Waals surface area (Å²) in [4.78, 5) is 16.3. The first kappa shape index (κ1) is 8.89. The maximum absolute atomic E-state index is 12.1. The van der Waals surface area contributed by atoms with Crippen molar-refractivity contribution >= 4 is 11.7 Å². The third kappa shape index (κ3) is 1.12. The number of hydrogen-bond donors (Lipinski definition) is 1. The van der Waals surface area contributed by atoms with E-state index in [0.717, 1.165) is 37.1 Å². The van der Waals surface area contributed by atoms with Crippen LogP contribution in [0.3, 0.4) is 0 Å². The van der Waals surface area contributed by atoms with Gasteiger partial charge in [-0.1, -0.05) is 25.3 Å². The fourth-order valence-electron chi connectivity index (χ4n) is 2.89. The minimum Gasteiger partial charge on any atom is -0.310 e. The number of anilines is 1. The lowest BCUT2D eigenvalue weighted by Gasteiger charge is -2.30. The molecular weight excluding hydrogens is 188 g/mol. The van der Waals surface area contributed by atoms with Gasteiger partial charge in [0.05, 0.1) is 5.41 Å². The second kappa shape index (κ2) is 3.05. The van der Waals surface area contributed by atoms with Crippen LogP contribution in [0.1, 0.15) is 37.7 Å². The van der Waals surface area contributed by atoms with Crippen LogP contribution in [-0.4, -0.2) is 10.9 Å². The average molecular weight is 202 g/mol. The molecule has 0 aromatic carbocycles. The molecule has 1 saturated carbocycles. The fraction of sp³-hybridized carbons (Fsp3) is 0.500. The lowest BCUT2D eigenvalue weighted by atomic mass is 9.70. The topological polar surface area (TPSA) is 42.0 Å². The van der Waals surface area contributed by atoms with Gasteiger partial charge in [-0.15, -0.1) is 0 Å². The van der Waals surface area contributed by atoms with Crippen molar-refractivity contribution in [2.75, 3.05) is 5.32 Å². The van der Waals surface area contributed by atoms with Crippen LogP contribution in [0.15, 0.2) is 18.3 Å². The van der Waals surface area contributed by atoms with E-state index in [1.54, 1.807) is 6.20 Å². The standard InChI is InChI=1S/C12H14N2O/c15-11-12(6-2-1-3-7-12)9-5-4-8-13-10(9)14-11/h4-5,8H,1-3,6-7H2,(H,13,14,15). The van der Waals surface area contributed by atoms with Crippen molar-refractivity contribution in [3.05, 3.63) is 23.9 Å². The van der Waals surface area contributed by atoms with Crippen molar-refractivity contribution < 1.29 is 4.79 Å². The molecule has 0 bridgehead atoms. The lowest BCUT2D eigenvalue weighted by Crippen LogP contribution is -2.36. The van der Waals surface area contributed by atoms with Gasteiger partial charge in [0.15, 0.2) is 0 Å². The Bertz CT molecular complexity index is 408. The highest BCUT2D eigenvalue weighted by atomic mass is 16.2. The maximum atomic E-state index is 12.1. The molecule has 0 unspecified atom stereocenters. The van der Waals surface area contributed by atoms with Crippen LogP contribution < -0.4 is 5.32 Å². The van der Waals surface area contributed by atoms with Gasteiger partial charge in [-0.25, -0.2) is 4.98 Å². The SMILES string of the molecule is O=C1Nc2ncccc2C12CCCCC2. The first-order valence-electron chi connectivity index (χ1n) is 5.60. The summed E-state index contributed by atoms with van der Waals surface area (Å²) < 4.78 is 0. The molecule has 1 aliphatic carbocycles. The van der Waals surface area contributed by atoms with Crippen LogP contribution in [0.25, 0.3) is 0 Å². The lowest BCUT2D eigenvalue weighted by molar-refractivity contribution is -0.121. The summed E-state index contributed by atoms with van der Waals surface area (Å²) in [5.74, 6) is 0.945. The largest absolute Gasteiger partial charge is 0.310 e. The van der Waals surface area contributed by atoms with Crippen molar-refractivity contribution in [2.24, 2.45) is 0 Å². The predicted molar refractivity (Wildman–Crippen MR) is 57.6 cm³/mol. The highest BCUT2D eigenvalue weighted by molar-refractivity contribution is 6.05. The number of nitrogens with zero attached hydrogens (tertiary/aromatic N) is 1. The zero-order valence-corrected chi connectivity index (χ0v) is 8.62. The molecule has 0 radical (unpaired) electrons. The molecule has 78 valence electrons. The van der Waals surface area contributed by atoms with Gasteiger partial charge >= 0.3 is 0 Å². The smallest absolute Gasteiger partial charge is 0.236 e. The minimum atomic E-state index is -0.248. The second-order valence-electron chi connectivity index (χ2n) is 4.50. The Morgan fingerprint density at radius 1 is 1.27 bits per heavy atom. The molecule has 1 amide bonds. The third-order valence-electron chi connectivity index (χ3n) is 3.70. The van der Waals surface area contributed by atoms with E-state index >= 15 is 0 Å². The Morgan fingerprint density at radius 2 is 2.07 bits per heavy atom. The average Bonchev–Trinajstić information content (AvgIpc) is 2.55. The second-order valence-corrected chi connectivity index (χ2v) is 4.50. The Balaban J connectivity index is 2.11. The van der Waals surface area contributed by atoms with Gasteiger partial charge in [-0.2, -0.15) is 0 Å². The molecule has 2 heterocycles. The third-order valence-corrected chi connectivity index (χ3v) is 3.70. The van der Waals surface area contributed by atoms with Crippen molar-refractivity contribution in [3.63, 3.8) is 0 Å². The molecule has 1 aromatic heterocycles. The Hall–Kier alpha value is -1.38. The molecule has 1 N–H and O–H groups in total. The van der Waals surface area contributed by atoms with Gasteiger partial charge in [-0.3, -0.25) is 4.79 Å². The van der Waals surface area contributed by atoms with Gasteiger partial charge in [-0.05, 0) is 18.9 Å². The number of rotatable bonds is 0. The summed E-state index contributed by atoms with van der Waals surface area (Å²) in [5.41, 5.74) is 0.872. The van der Waals surface area contributed by atoms with Crippen molar-refractivity contribution in [2.45, 2.75) is 37.5 Å². The van der Waals surface area contributed by atoms with E-state index in [0.29, 0.717) is 0 Å². The predicted octanol–water partition coefficient (Wildman–Crippen LogP) is 2.24. The number of aromatic nitrogens is 1. The molecule has 0 saturated heterocycles. The van der Waals surface area contributed by atoms with E-state index in [1.165, 1.54) is 6.42 Å². The molecule has 15 heavy (non-hydrogen) atoms. The molecule has 1 fully saturated rings. The van der Waals surface area contributed by atoms with Crippen LogP contribution in [0.4, 0.5) is 5.82 Å². The summed E-state index contributed by atoms with van der Waals surface area (Å²) in [5, 5.41) is 2.91. The van der Waals surface area contributed by atoms with E-state index in [1.807, 2.05) is 12.1 Å². The van der Waals surface area contributed by atoms with Gasteiger partial charge in [0.1, 0.15) is 5.82 Å². The molecule has 2 aliphatic rings. The van der Waals surface area contributed by atoms with Gasteiger partial charge in [0.2, 0.25) is 5.91 Å². The molecule has 1 aromatic rings. The van der Waals surface area contributed by atoms with Gasteiger partial charge in [0.25, 0.3) is 0 Å². The summed E-state index contributed by atoms with van der Waals surface area (Å²) in [6.45, 7) is 0. The number of fused-ring (bicyclic) bond motifs is 2. The van der Waals surface area contributed by atoms with E-state index in [-0.39, 0.29) is 11.3 Å². The number of hydrogen-bond acceptors (Lipinski definition) is 2.